The number of halogens is 2. The van der Waals surface area contributed by atoms with Crippen LogP contribution in [0.1, 0.15) is 40.1 Å². The molecule has 0 radical (unpaired) electrons. The van der Waals surface area contributed by atoms with Gasteiger partial charge in [0.05, 0.1) is 17.1 Å². The quantitative estimate of drug-likeness (QED) is 0.343. The number of hydrogen-bond acceptors (Lipinski definition) is 5. The number of aromatic carboxylic acids is 1. The predicted octanol–water partition coefficient (Wildman–Crippen LogP) is 6.14. The third-order valence-electron chi connectivity index (χ3n) is 5.40. The number of nitrogens with zero attached hydrogens (tertiary/aromatic N) is 1. The molecule has 0 saturated carbocycles. The van der Waals surface area contributed by atoms with E-state index >= 15 is 0 Å². The minimum Gasteiger partial charge on any atom is -0.476 e. The Kier molecular flexibility index (Phi) is 5.91. The molecule has 0 aliphatic rings. The summed E-state index contributed by atoms with van der Waals surface area (Å²) in [6, 6.07) is 11.9. The zero-order valence-electron chi connectivity index (χ0n) is 18.1. The van der Waals surface area contributed by atoms with Crippen LogP contribution in [0.5, 0.6) is 0 Å². The lowest BCUT2D eigenvalue weighted by Crippen LogP contribution is -2.14. The molecule has 8 heteroatoms. The van der Waals surface area contributed by atoms with Gasteiger partial charge in [0.1, 0.15) is 22.3 Å². The molecule has 4 rings (SSSR count). The van der Waals surface area contributed by atoms with Crippen molar-refractivity contribution in [1.82, 2.24) is 4.98 Å². The molecule has 2 aromatic heterocycles. The molecule has 0 saturated heterocycles. The summed E-state index contributed by atoms with van der Waals surface area (Å²) < 4.78 is 19.6. The Labute approximate surface area is 193 Å². The number of nitrogens with one attached hydrogen (secondary N) is 1. The number of pyridine rings is 1. The second-order valence-corrected chi connectivity index (χ2v) is 8.21. The fraction of sp³-hybridized carbons (Fsp3) is 0.160. The lowest BCUT2D eigenvalue weighted by molar-refractivity contribution is 0.0691. The van der Waals surface area contributed by atoms with E-state index in [1.165, 1.54) is 24.3 Å². The SMILES string of the molecule is Cc1cc([C@@H](C)Nc2ccc(Cl)nc2C(=O)O)c2oc(-c3ccc(F)cc3)c(C)c(=O)c2c1. The Morgan fingerprint density at radius 2 is 1.85 bits per heavy atom. The summed E-state index contributed by atoms with van der Waals surface area (Å²) in [4.78, 5) is 28.7. The van der Waals surface area contributed by atoms with Crippen LogP contribution in [0.15, 0.2) is 57.7 Å². The van der Waals surface area contributed by atoms with Crippen molar-refractivity contribution in [3.63, 3.8) is 0 Å². The van der Waals surface area contributed by atoms with E-state index in [0.717, 1.165) is 5.56 Å². The maximum absolute atomic E-state index is 13.4. The molecular formula is C25H20ClFN2O4. The molecule has 0 bridgehead atoms. The number of benzene rings is 2. The molecule has 0 aliphatic carbocycles. The molecule has 0 fully saturated rings. The first-order chi connectivity index (χ1) is 15.7. The van der Waals surface area contributed by atoms with Crippen molar-refractivity contribution >= 4 is 34.2 Å². The number of hydrogen-bond donors (Lipinski definition) is 2. The monoisotopic (exact) mass is 466 g/mol. The van der Waals surface area contributed by atoms with Gasteiger partial charge in [-0.15, -0.1) is 0 Å². The largest absolute Gasteiger partial charge is 0.476 e. The lowest BCUT2D eigenvalue weighted by Gasteiger charge is -2.19. The molecule has 1 atom stereocenters. The molecule has 168 valence electrons. The molecule has 0 spiro atoms. The molecule has 2 aromatic carbocycles. The number of anilines is 1. The summed E-state index contributed by atoms with van der Waals surface area (Å²) in [5.74, 6) is -1.26. The summed E-state index contributed by atoms with van der Waals surface area (Å²) >= 11 is 5.86. The standard InChI is InChI=1S/C25H20ClFN2O4/c1-12-10-17(14(3)28-19-8-9-20(26)29-21(19)25(31)32)24-18(11-12)22(30)13(2)23(33-24)15-4-6-16(27)7-5-15/h4-11,14,28H,1-3H3,(H,31,32)/t14-/m1/s1. The van der Waals surface area contributed by atoms with Gasteiger partial charge in [-0.05, 0) is 68.8 Å². The van der Waals surface area contributed by atoms with E-state index in [4.69, 9.17) is 16.0 Å². The molecule has 0 amide bonds. The predicted molar refractivity (Wildman–Crippen MR) is 126 cm³/mol. The van der Waals surface area contributed by atoms with Crippen LogP contribution >= 0.6 is 11.6 Å². The maximum atomic E-state index is 13.4. The van der Waals surface area contributed by atoms with Crippen LogP contribution in [0.4, 0.5) is 10.1 Å². The second kappa shape index (κ2) is 8.67. The van der Waals surface area contributed by atoms with E-state index in [9.17, 15) is 19.1 Å². The average Bonchev–Trinajstić information content (AvgIpc) is 2.77. The Hall–Kier alpha value is -3.71. The molecule has 2 N–H and O–H groups in total. The van der Waals surface area contributed by atoms with Gasteiger partial charge in [0.25, 0.3) is 0 Å². The minimum absolute atomic E-state index is 0.0667. The summed E-state index contributed by atoms with van der Waals surface area (Å²) in [6.45, 7) is 5.36. The highest BCUT2D eigenvalue weighted by molar-refractivity contribution is 6.29. The van der Waals surface area contributed by atoms with Gasteiger partial charge in [0.2, 0.25) is 0 Å². The van der Waals surface area contributed by atoms with E-state index in [-0.39, 0.29) is 27.8 Å². The average molecular weight is 467 g/mol. The topological polar surface area (TPSA) is 92.4 Å². The van der Waals surface area contributed by atoms with Crippen molar-refractivity contribution in [2.75, 3.05) is 5.32 Å². The summed E-state index contributed by atoms with van der Waals surface area (Å²) in [6.07, 6.45) is 0. The summed E-state index contributed by atoms with van der Waals surface area (Å²) in [7, 11) is 0. The van der Waals surface area contributed by atoms with Gasteiger partial charge in [-0.1, -0.05) is 17.7 Å². The van der Waals surface area contributed by atoms with Gasteiger partial charge in [-0.25, -0.2) is 14.2 Å². The van der Waals surface area contributed by atoms with Crippen LogP contribution in [0.2, 0.25) is 5.15 Å². The number of aryl methyl sites for hydroxylation is 1. The van der Waals surface area contributed by atoms with E-state index < -0.39 is 12.0 Å². The van der Waals surface area contributed by atoms with Crippen LogP contribution in [0, 0.1) is 19.7 Å². The van der Waals surface area contributed by atoms with Crippen LogP contribution in [-0.4, -0.2) is 16.1 Å². The minimum atomic E-state index is -1.22. The van der Waals surface area contributed by atoms with Crippen molar-refractivity contribution < 1.29 is 18.7 Å². The molecule has 6 nitrogen and oxygen atoms in total. The number of carboxylic acids is 1. The van der Waals surface area contributed by atoms with Gasteiger partial charge in [0.15, 0.2) is 11.1 Å². The van der Waals surface area contributed by atoms with Gasteiger partial charge in [-0.2, -0.15) is 0 Å². The first-order valence-corrected chi connectivity index (χ1v) is 10.5. The number of aromatic nitrogens is 1. The Balaban J connectivity index is 1.88. The Morgan fingerprint density at radius 1 is 1.15 bits per heavy atom. The van der Waals surface area contributed by atoms with Gasteiger partial charge in [-0.3, -0.25) is 4.79 Å². The van der Waals surface area contributed by atoms with Gasteiger partial charge in [0, 0.05) is 16.7 Å². The van der Waals surface area contributed by atoms with Crippen molar-refractivity contribution in [2.45, 2.75) is 26.8 Å². The number of carboxylic acid groups (broad SMARTS) is 1. The lowest BCUT2D eigenvalue weighted by atomic mass is 9.98. The third-order valence-corrected chi connectivity index (χ3v) is 5.61. The Morgan fingerprint density at radius 3 is 2.52 bits per heavy atom. The molecule has 2 heterocycles. The highest BCUT2D eigenvalue weighted by Crippen LogP contribution is 2.32. The van der Waals surface area contributed by atoms with Crippen LogP contribution in [-0.2, 0) is 0 Å². The number of fused-ring (bicyclic) bond motifs is 1. The van der Waals surface area contributed by atoms with Gasteiger partial charge < -0.3 is 14.8 Å². The second-order valence-electron chi connectivity index (χ2n) is 7.82. The van der Waals surface area contributed by atoms with E-state index in [1.54, 1.807) is 25.1 Å². The van der Waals surface area contributed by atoms with Crippen molar-refractivity contribution in [1.29, 1.82) is 0 Å². The normalized spacial score (nSPS) is 12.0. The third kappa shape index (κ3) is 4.32. The van der Waals surface area contributed by atoms with Gasteiger partial charge >= 0.3 is 5.97 Å². The molecule has 0 aliphatic heterocycles. The first kappa shape index (κ1) is 22.5. The zero-order chi connectivity index (χ0) is 23.9. The fourth-order valence-corrected chi connectivity index (χ4v) is 3.94. The molecular weight excluding hydrogens is 447 g/mol. The highest BCUT2D eigenvalue weighted by atomic mass is 35.5. The zero-order valence-corrected chi connectivity index (χ0v) is 18.8. The van der Waals surface area contributed by atoms with Crippen LogP contribution < -0.4 is 10.7 Å². The van der Waals surface area contributed by atoms with E-state index in [1.807, 2.05) is 19.9 Å². The summed E-state index contributed by atoms with van der Waals surface area (Å²) in [5.41, 5.74) is 2.76. The van der Waals surface area contributed by atoms with Crippen molar-refractivity contribution in [3.8, 4) is 11.3 Å². The summed E-state index contributed by atoms with van der Waals surface area (Å²) in [5, 5.41) is 13.1. The maximum Gasteiger partial charge on any atom is 0.356 e. The fourth-order valence-electron chi connectivity index (χ4n) is 3.79. The Bertz CT molecular complexity index is 1450. The molecule has 0 unspecified atom stereocenters. The van der Waals surface area contributed by atoms with Crippen molar-refractivity contribution in [2.24, 2.45) is 0 Å². The smallest absolute Gasteiger partial charge is 0.356 e. The van der Waals surface area contributed by atoms with Crippen LogP contribution in [0.25, 0.3) is 22.3 Å². The number of carbonyl (C=O) groups is 1. The van der Waals surface area contributed by atoms with E-state index in [0.29, 0.717) is 33.4 Å². The first-order valence-electron chi connectivity index (χ1n) is 10.2. The molecule has 33 heavy (non-hydrogen) atoms. The highest BCUT2D eigenvalue weighted by Gasteiger charge is 2.21. The van der Waals surface area contributed by atoms with Crippen LogP contribution in [0.3, 0.4) is 0 Å². The number of rotatable bonds is 5. The molecule has 4 aromatic rings. The van der Waals surface area contributed by atoms with Crippen molar-refractivity contribution in [3.05, 3.63) is 92.1 Å². The van der Waals surface area contributed by atoms with E-state index in [2.05, 4.69) is 10.3 Å².